The van der Waals surface area contributed by atoms with Gasteiger partial charge in [-0.05, 0) is 44.2 Å². The number of alkyl halides is 3. The van der Waals surface area contributed by atoms with E-state index in [0.29, 0.717) is 51.4 Å². The number of nitrogens with zero attached hydrogens (tertiary/aromatic N) is 3. The number of piperazine rings is 1. The number of aryl methyl sites for hydroxylation is 1. The van der Waals surface area contributed by atoms with Crippen LogP contribution in [0.1, 0.15) is 22.5 Å². The molecule has 1 aromatic heterocycles. The summed E-state index contributed by atoms with van der Waals surface area (Å²) in [5.41, 5.74) is 0.539. The molecule has 0 radical (unpaired) electrons. The topological polar surface area (TPSA) is 70.8 Å². The first kappa shape index (κ1) is 28.6. The van der Waals surface area contributed by atoms with Crippen LogP contribution >= 0.6 is 11.6 Å². The molecule has 2 heterocycles. The van der Waals surface area contributed by atoms with Crippen LogP contribution < -0.4 is 15.0 Å². The van der Waals surface area contributed by atoms with E-state index in [1.807, 2.05) is 4.90 Å². The van der Waals surface area contributed by atoms with E-state index in [4.69, 9.17) is 20.9 Å². The minimum atomic E-state index is -4.53. The second-order valence-corrected chi connectivity index (χ2v) is 9.42. The second-order valence-electron chi connectivity index (χ2n) is 9.01. The van der Waals surface area contributed by atoms with Crippen LogP contribution in [0.3, 0.4) is 0 Å². The molecule has 13 heteroatoms. The highest BCUT2D eigenvalue weighted by atomic mass is 35.5. The van der Waals surface area contributed by atoms with Crippen LogP contribution in [0.2, 0.25) is 5.02 Å². The third kappa shape index (κ3) is 7.18. The zero-order chi connectivity index (χ0) is 28.2. The first-order chi connectivity index (χ1) is 18.5. The van der Waals surface area contributed by atoms with Gasteiger partial charge in [0.15, 0.2) is 6.61 Å². The maximum absolute atomic E-state index is 14.4. The van der Waals surface area contributed by atoms with Gasteiger partial charge in [0.05, 0.1) is 16.3 Å². The van der Waals surface area contributed by atoms with E-state index in [1.54, 1.807) is 6.92 Å². The van der Waals surface area contributed by atoms with Crippen LogP contribution in [0.4, 0.5) is 27.6 Å². The third-order valence-corrected chi connectivity index (χ3v) is 6.57. The number of carbonyl (C=O) groups excluding carboxylic acids is 1. The number of aromatic nitrogens is 1. The molecule has 2 aromatic carbocycles. The molecule has 4 rings (SSSR count). The Hall–Kier alpha value is -3.38. The molecule has 0 unspecified atom stereocenters. The largest absolute Gasteiger partial charge is 0.482 e. The summed E-state index contributed by atoms with van der Waals surface area (Å²) in [7, 11) is 0. The number of anilines is 1. The lowest BCUT2D eigenvalue weighted by Crippen LogP contribution is -2.47. The average Bonchev–Trinajstić information content (AvgIpc) is 3.26. The molecule has 3 aromatic rings. The van der Waals surface area contributed by atoms with Crippen molar-refractivity contribution in [2.75, 3.05) is 50.8 Å². The number of nitrogens with one attached hydrogen (secondary N) is 1. The number of amides is 1. The summed E-state index contributed by atoms with van der Waals surface area (Å²) >= 11 is 6.13. The average molecular weight is 573 g/mol. The molecular formula is C26H26ClF5N4O3. The molecule has 39 heavy (non-hydrogen) atoms. The van der Waals surface area contributed by atoms with E-state index in [-0.39, 0.29) is 33.4 Å². The number of halogens is 6. The predicted octanol–water partition coefficient (Wildman–Crippen LogP) is 5.46. The maximum Gasteiger partial charge on any atom is 0.422 e. The lowest BCUT2D eigenvalue weighted by Gasteiger charge is -2.36. The fourth-order valence-corrected chi connectivity index (χ4v) is 4.62. The van der Waals surface area contributed by atoms with Gasteiger partial charge >= 0.3 is 6.18 Å². The second kappa shape index (κ2) is 12.2. The number of carbonyl (C=O) groups is 1. The summed E-state index contributed by atoms with van der Waals surface area (Å²) < 4.78 is 75.8. The van der Waals surface area contributed by atoms with Crippen LogP contribution in [-0.4, -0.2) is 68.0 Å². The van der Waals surface area contributed by atoms with Crippen molar-refractivity contribution in [2.45, 2.75) is 19.5 Å². The van der Waals surface area contributed by atoms with Crippen molar-refractivity contribution >= 4 is 23.2 Å². The van der Waals surface area contributed by atoms with Gasteiger partial charge in [0.2, 0.25) is 0 Å². The molecule has 0 aliphatic carbocycles. The SMILES string of the molecule is Cc1onc(-c2c(F)cccc2Cl)c1C(=O)NCCCN1CCN(c2ccc(F)cc2OCC(F)(F)F)CC1. The summed E-state index contributed by atoms with van der Waals surface area (Å²) in [6.07, 6.45) is -3.92. The van der Waals surface area contributed by atoms with Gasteiger partial charge in [-0.15, -0.1) is 0 Å². The van der Waals surface area contributed by atoms with Crippen molar-refractivity contribution in [3.05, 3.63) is 64.4 Å². The van der Waals surface area contributed by atoms with Crippen molar-refractivity contribution in [1.29, 1.82) is 0 Å². The summed E-state index contributed by atoms with van der Waals surface area (Å²) in [5, 5.41) is 6.75. The highest BCUT2D eigenvalue weighted by Gasteiger charge is 2.30. The monoisotopic (exact) mass is 572 g/mol. The van der Waals surface area contributed by atoms with Crippen LogP contribution in [-0.2, 0) is 0 Å². The van der Waals surface area contributed by atoms with Crippen molar-refractivity contribution < 1.29 is 36.0 Å². The lowest BCUT2D eigenvalue weighted by molar-refractivity contribution is -0.153. The zero-order valence-corrected chi connectivity index (χ0v) is 21.7. The third-order valence-electron chi connectivity index (χ3n) is 6.25. The first-order valence-electron chi connectivity index (χ1n) is 12.2. The molecule has 0 atom stereocenters. The molecule has 1 aliphatic heterocycles. The van der Waals surface area contributed by atoms with Gasteiger partial charge in [-0.1, -0.05) is 22.8 Å². The van der Waals surface area contributed by atoms with Crippen LogP contribution in [0, 0.1) is 18.6 Å². The highest BCUT2D eigenvalue weighted by Crippen LogP contribution is 2.34. The Kier molecular flexibility index (Phi) is 8.96. The van der Waals surface area contributed by atoms with Gasteiger partial charge < -0.3 is 19.5 Å². The Morgan fingerprint density at radius 3 is 2.59 bits per heavy atom. The van der Waals surface area contributed by atoms with Crippen LogP contribution in [0.25, 0.3) is 11.3 Å². The minimum Gasteiger partial charge on any atom is -0.482 e. The van der Waals surface area contributed by atoms with E-state index in [2.05, 4.69) is 15.4 Å². The van der Waals surface area contributed by atoms with Crippen molar-refractivity contribution in [1.82, 2.24) is 15.4 Å². The van der Waals surface area contributed by atoms with Crippen LogP contribution in [0.5, 0.6) is 5.75 Å². The molecule has 1 amide bonds. The summed E-state index contributed by atoms with van der Waals surface area (Å²) in [6, 6.07) is 7.74. The molecule has 0 spiro atoms. The van der Waals surface area contributed by atoms with E-state index in [9.17, 15) is 26.7 Å². The summed E-state index contributed by atoms with van der Waals surface area (Å²) in [6.45, 7) is 3.29. The Labute approximate surface area is 226 Å². The van der Waals surface area contributed by atoms with Gasteiger partial charge in [-0.25, -0.2) is 8.78 Å². The Morgan fingerprint density at radius 1 is 1.15 bits per heavy atom. The molecule has 0 bridgehead atoms. The summed E-state index contributed by atoms with van der Waals surface area (Å²) in [4.78, 5) is 16.9. The van der Waals surface area contributed by atoms with E-state index < -0.39 is 30.3 Å². The van der Waals surface area contributed by atoms with Crippen molar-refractivity contribution in [3.8, 4) is 17.0 Å². The molecule has 7 nitrogen and oxygen atoms in total. The molecule has 1 aliphatic rings. The molecular weight excluding hydrogens is 547 g/mol. The van der Waals surface area contributed by atoms with Gasteiger partial charge in [0, 0.05) is 38.8 Å². The fourth-order valence-electron chi connectivity index (χ4n) is 4.36. The predicted molar refractivity (Wildman–Crippen MR) is 135 cm³/mol. The van der Waals surface area contributed by atoms with Gasteiger partial charge in [0.1, 0.15) is 34.4 Å². The highest BCUT2D eigenvalue weighted by molar-refractivity contribution is 6.33. The van der Waals surface area contributed by atoms with E-state index in [1.165, 1.54) is 30.3 Å². The molecule has 1 saturated heterocycles. The molecule has 1 N–H and O–H groups in total. The quantitative estimate of drug-likeness (QED) is 0.271. The van der Waals surface area contributed by atoms with Gasteiger partial charge in [0.25, 0.3) is 5.91 Å². The standard InChI is InChI=1S/C26H26ClF5N4O3/c1-16-22(24(34-39-16)23-18(27)4-2-5-19(23)29)25(37)33-8-3-9-35-10-12-36(13-11-35)20-7-6-17(28)14-21(20)38-15-26(30,31)32/h2,4-7,14H,3,8-13,15H2,1H3,(H,33,37). The smallest absolute Gasteiger partial charge is 0.422 e. The Morgan fingerprint density at radius 2 is 1.90 bits per heavy atom. The van der Waals surface area contributed by atoms with Crippen LogP contribution in [0.15, 0.2) is 40.9 Å². The lowest BCUT2D eigenvalue weighted by atomic mass is 10.0. The number of rotatable bonds is 9. The first-order valence-corrected chi connectivity index (χ1v) is 12.6. The zero-order valence-electron chi connectivity index (χ0n) is 21.0. The Bertz CT molecular complexity index is 1290. The number of hydrogen-bond acceptors (Lipinski definition) is 6. The van der Waals surface area contributed by atoms with E-state index in [0.717, 1.165) is 6.07 Å². The van der Waals surface area contributed by atoms with Crippen molar-refractivity contribution in [2.24, 2.45) is 0 Å². The van der Waals surface area contributed by atoms with Gasteiger partial charge in [-0.2, -0.15) is 13.2 Å². The normalized spacial score (nSPS) is 14.5. The molecule has 0 saturated carbocycles. The minimum absolute atomic E-state index is 0.00726. The number of benzene rings is 2. The Balaban J connectivity index is 1.28. The maximum atomic E-state index is 14.4. The molecule has 210 valence electrons. The fraction of sp³-hybridized carbons (Fsp3) is 0.385. The number of ether oxygens (including phenoxy) is 1. The molecule has 1 fully saturated rings. The van der Waals surface area contributed by atoms with Gasteiger partial charge in [-0.3, -0.25) is 9.69 Å². The summed E-state index contributed by atoms with van der Waals surface area (Å²) in [5.74, 6) is -1.68. The van der Waals surface area contributed by atoms with Crippen molar-refractivity contribution in [3.63, 3.8) is 0 Å². The van der Waals surface area contributed by atoms with E-state index >= 15 is 0 Å². The number of hydrogen-bond donors (Lipinski definition) is 1.